The molecule has 1 aromatic heterocycles. The molecule has 22 heavy (non-hydrogen) atoms. The summed E-state index contributed by atoms with van der Waals surface area (Å²) in [5.41, 5.74) is 0.788. The number of hydrogen-bond acceptors (Lipinski definition) is 4. The van der Waals surface area contributed by atoms with Crippen LogP contribution in [0.2, 0.25) is 0 Å². The normalized spacial score (nSPS) is 23.6. The van der Waals surface area contributed by atoms with Crippen molar-refractivity contribution in [3.8, 4) is 0 Å². The fraction of sp³-hybridized carbons (Fsp3) is 0.562. The van der Waals surface area contributed by atoms with E-state index < -0.39 is 0 Å². The Kier molecular flexibility index (Phi) is 4.11. The highest BCUT2D eigenvalue weighted by molar-refractivity contribution is 5.87. The van der Waals surface area contributed by atoms with Crippen molar-refractivity contribution in [3.05, 3.63) is 30.1 Å². The summed E-state index contributed by atoms with van der Waals surface area (Å²) in [6.07, 6.45) is 5.85. The van der Waals surface area contributed by atoms with E-state index in [1.54, 1.807) is 12.4 Å². The van der Waals surface area contributed by atoms with Gasteiger partial charge in [0.05, 0.1) is 5.92 Å². The van der Waals surface area contributed by atoms with Crippen LogP contribution in [-0.4, -0.2) is 54.0 Å². The lowest BCUT2D eigenvalue weighted by atomic mass is 9.82. The largest absolute Gasteiger partial charge is 0.375 e. The maximum atomic E-state index is 12.3. The minimum atomic E-state index is -0.179. The van der Waals surface area contributed by atoms with Gasteiger partial charge in [-0.15, -0.1) is 0 Å². The summed E-state index contributed by atoms with van der Waals surface area (Å²) in [7, 11) is 1.53. The van der Waals surface area contributed by atoms with Crippen molar-refractivity contribution in [2.45, 2.75) is 30.7 Å². The number of carbonyl (C=O) groups excluding carboxylic acids is 2. The van der Waals surface area contributed by atoms with E-state index in [1.165, 1.54) is 7.11 Å². The summed E-state index contributed by atoms with van der Waals surface area (Å²) in [4.78, 5) is 30.1. The molecule has 0 aliphatic carbocycles. The lowest BCUT2D eigenvalue weighted by Gasteiger charge is -2.39. The van der Waals surface area contributed by atoms with Gasteiger partial charge in [-0.2, -0.15) is 0 Å². The van der Waals surface area contributed by atoms with Crippen LogP contribution in [0, 0.1) is 0 Å². The minimum absolute atomic E-state index is 0.0190. The molecule has 1 unspecified atom stereocenters. The van der Waals surface area contributed by atoms with Crippen molar-refractivity contribution in [1.82, 2.24) is 15.2 Å². The first kappa shape index (κ1) is 15.0. The number of amides is 2. The SMILES string of the molecule is COCC(=O)N1CCC2(CC1)CC(c1cccnc1)C(=O)N2. The Morgan fingerprint density at radius 2 is 2.27 bits per heavy atom. The molecule has 1 spiro atoms. The second kappa shape index (κ2) is 6.04. The minimum Gasteiger partial charge on any atom is -0.375 e. The lowest BCUT2D eigenvalue weighted by Crippen LogP contribution is -2.52. The number of pyridine rings is 1. The van der Waals surface area contributed by atoms with Crippen LogP contribution in [0.5, 0.6) is 0 Å². The maximum absolute atomic E-state index is 12.3. The Labute approximate surface area is 129 Å². The Morgan fingerprint density at radius 3 is 2.91 bits per heavy atom. The zero-order chi connectivity index (χ0) is 15.6. The van der Waals surface area contributed by atoms with Crippen molar-refractivity contribution < 1.29 is 14.3 Å². The summed E-state index contributed by atoms with van der Waals surface area (Å²) in [5.74, 6) is -0.0370. The number of nitrogens with one attached hydrogen (secondary N) is 1. The Hall–Kier alpha value is -1.95. The molecule has 6 heteroatoms. The Balaban J connectivity index is 1.65. The molecule has 0 radical (unpaired) electrons. The van der Waals surface area contributed by atoms with Gasteiger partial charge in [0.1, 0.15) is 6.61 Å². The van der Waals surface area contributed by atoms with E-state index in [0.29, 0.717) is 13.1 Å². The molecule has 0 saturated carbocycles. The van der Waals surface area contributed by atoms with E-state index in [0.717, 1.165) is 24.8 Å². The topological polar surface area (TPSA) is 71.5 Å². The third kappa shape index (κ3) is 2.83. The molecule has 2 fully saturated rings. The number of ether oxygens (including phenoxy) is 1. The van der Waals surface area contributed by atoms with Crippen LogP contribution in [0.25, 0.3) is 0 Å². The van der Waals surface area contributed by atoms with Crippen molar-refractivity contribution in [1.29, 1.82) is 0 Å². The number of rotatable bonds is 3. The van der Waals surface area contributed by atoms with Crippen LogP contribution in [0.15, 0.2) is 24.5 Å². The van der Waals surface area contributed by atoms with Crippen molar-refractivity contribution in [2.24, 2.45) is 0 Å². The molecule has 3 heterocycles. The van der Waals surface area contributed by atoms with E-state index in [4.69, 9.17) is 4.74 Å². The zero-order valence-corrected chi connectivity index (χ0v) is 12.7. The van der Waals surface area contributed by atoms with Crippen molar-refractivity contribution in [3.63, 3.8) is 0 Å². The van der Waals surface area contributed by atoms with Crippen LogP contribution in [0.3, 0.4) is 0 Å². The molecule has 118 valence electrons. The highest BCUT2D eigenvalue weighted by atomic mass is 16.5. The third-order valence-electron chi connectivity index (χ3n) is 4.73. The summed E-state index contributed by atoms with van der Waals surface area (Å²) < 4.78 is 4.90. The number of aromatic nitrogens is 1. The van der Waals surface area contributed by atoms with Gasteiger partial charge >= 0.3 is 0 Å². The molecular weight excluding hydrogens is 282 g/mol. The van der Waals surface area contributed by atoms with Gasteiger partial charge in [0, 0.05) is 38.1 Å². The predicted octanol–water partition coefficient (Wildman–Crippen LogP) is 0.693. The second-order valence-electron chi connectivity index (χ2n) is 6.13. The van der Waals surface area contributed by atoms with Gasteiger partial charge in [0.15, 0.2) is 0 Å². The van der Waals surface area contributed by atoms with Crippen molar-refractivity contribution in [2.75, 3.05) is 26.8 Å². The standard InChI is InChI=1S/C16H21N3O3/c1-22-11-14(20)19-7-4-16(5-8-19)9-13(15(21)18-16)12-3-2-6-17-10-12/h2-3,6,10,13H,4-5,7-9,11H2,1H3,(H,18,21). The summed E-state index contributed by atoms with van der Waals surface area (Å²) in [6, 6.07) is 3.81. The second-order valence-corrected chi connectivity index (χ2v) is 6.13. The monoisotopic (exact) mass is 303 g/mol. The lowest BCUT2D eigenvalue weighted by molar-refractivity contribution is -0.136. The molecule has 3 rings (SSSR count). The van der Waals surface area contributed by atoms with E-state index in [9.17, 15) is 9.59 Å². The molecule has 2 amide bonds. The number of piperidine rings is 1. The average molecular weight is 303 g/mol. The molecule has 2 saturated heterocycles. The summed E-state index contributed by atoms with van der Waals surface area (Å²) >= 11 is 0. The predicted molar refractivity (Wildman–Crippen MR) is 80.2 cm³/mol. The fourth-order valence-electron chi connectivity index (χ4n) is 3.46. The molecule has 1 N–H and O–H groups in total. The molecule has 6 nitrogen and oxygen atoms in total. The van der Waals surface area contributed by atoms with E-state index in [1.807, 2.05) is 17.0 Å². The van der Waals surface area contributed by atoms with Crippen molar-refractivity contribution >= 4 is 11.8 Å². The molecule has 1 aromatic rings. The average Bonchev–Trinajstić information content (AvgIpc) is 2.85. The van der Waals surface area contributed by atoms with Gasteiger partial charge in [0.2, 0.25) is 11.8 Å². The van der Waals surface area contributed by atoms with Crippen LogP contribution in [0.1, 0.15) is 30.7 Å². The molecule has 1 atom stereocenters. The molecule has 0 bridgehead atoms. The van der Waals surface area contributed by atoms with Crippen LogP contribution < -0.4 is 5.32 Å². The smallest absolute Gasteiger partial charge is 0.248 e. The number of nitrogens with zero attached hydrogens (tertiary/aromatic N) is 2. The number of likely N-dealkylation sites (tertiary alicyclic amines) is 1. The highest BCUT2D eigenvalue weighted by Gasteiger charge is 2.46. The molecule has 2 aliphatic rings. The van der Waals surface area contributed by atoms with Gasteiger partial charge in [-0.3, -0.25) is 14.6 Å². The first-order chi connectivity index (χ1) is 10.6. The Morgan fingerprint density at radius 1 is 1.50 bits per heavy atom. The first-order valence-corrected chi connectivity index (χ1v) is 7.62. The Bertz CT molecular complexity index is 553. The van der Waals surface area contributed by atoms with Crippen LogP contribution >= 0.6 is 0 Å². The number of hydrogen-bond donors (Lipinski definition) is 1. The quantitative estimate of drug-likeness (QED) is 0.892. The van der Waals surface area contributed by atoms with E-state index in [-0.39, 0.29) is 29.9 Å². The highest BCUT2D eigenvalue weighted by Crippen LogP contribution is 2.38. The van der Waals surface area contributed by atoms with Gasteiger partial charge in [-0.1, -0.05) is 6.07 Å². The van der Waals surface area contributed by atoms with Gasteiger partial charge in [-0.25, -0.2) is 0 Å². The fourth-order valence-corrected chi connectivity index (χ4v) is 3.46. The number of carbonyl (C=O) groups is 2. The third-order valence-corrected chi connectivity index (χ3v) is 4.73. The molecule has 0 aromatic carbocycles. The number of methoxy groups -OCH3 is 1. The summed E-state index contributed by atoms with van der Waals surface area (Å²) in [5, 5.41) is 3.17. The maximum Gasteiger partial charge on any atom is 0.248 e. The summed E-state index contributed by atoms with van der Waals surface area (Å²) in [6.45, 7) is 1.46. The van der Waals surface area contributed by atoms with Crippen LogP contribution in [0.4, 0.5) is 0 Å². The van der Waals surface area contributed by atoms with Gasteiger partial charge in [-0.05, 0) is 30.9 Å². The van der Waals surface area contributed by atoms with Crippen LogP contribution in [-0.2, 0) is 14.3 Å². The van der Waals surface area contributed by atoms with Gasteiger partial charge in [0.25, 0.3) is 0 Å². The van der Waals surface area contributed by atoms with E-state index in [2.05, 4.69) is 10.3 Å². The zero-order valence-electron chi connectivity index (χ0n) is 12.7. The first-order valence-electron chi connectivity index (χ1n) is 7.62. The molecular formula is C16H21N3O3. The van der Waals surface area contributed by atoms with E-state index >= 15 is 0 Å². The molecule has 2 aliphatic heterocycles. The van der Waals surface area contributed by atoms with Gasteiger partial charge < -0.3 is 15.0 Å².